The van der Waals surface area contributed by atoms with Crippen LogP contribution in [-0.2, 0) is 20.9 Å². The molecule has 1 atom stereocenters. The van der Waals surface area contributed by atoms with Gasteiger partial charge in [0, 0.05) is 37.7 Å². The maximum Gasteiger partial charge on any atom is 0.416 e. The van der Waals surface area contributed by atoms with E-state index in [-0.39, 0.29) is 11.5 Å². The summed E-state index contributed by atoms with van der Waals surface area (Å²) in [5.74, 6) is 0. The minimum absolute atomic E-state index is 0.173. The Balaban J connectivity index is 1.38. The van der Waals surface area contributed by atoms with Crippen molar-refractivity contribution in [1.82, 2.24) is 9.21 Å². The van der Waals surface area contributed by atoms with Gasteiger partial charge in [0.15, 0.2) is 0 Å². The number of ether oxygens (including phenoxy) is 1. The molecule has 0 N–H and O–H groups in total. The second-order valence-corrected chi connectivity index (χ2v) is 11.3. The number of alkyl halides is 3. The molecule has 1 saturated heterocycles. The molecule has 0 saturated carbocycles. The molecule has 3 aromatic carbocycles. The van der Waals surface area contributed by atoms with E-state index in [2.05, 4.69) is 4.90 Å². The Bertz CT molecular complexity index is 1310. The van der Waals surface area contributed by atoms with Gasteiger partial charge in [-0.05, 0) is 47.9 Å². The highest BCUT2D eigenvalue weighted by molar-refractivity contribution is 7.89. The lowest BCUT2D eigenvalue weighted by atomic mass is 9.99. The normalized spacial score (nSPS) is 16.6. The molecule has 0 bridgehead atoms. The van der Waals surface area contributed by atoms with E-state index < -0.39 is 27.9 Å². The lowest BCUT2D eigenvalue weighted by molar-refractivity contribution is -0.137. The standard InChI is InChI=1S/C27H28ClF3N2O3S/c1-20-10-11-24(19-25(20)28)37(34,35)33-14-12-32(13-15-33)16-17-36-26(21-6-3-2-4-7-21)22-8-5-9-23(18-22)27(29,30)31/h2-11,18-19,26H,12-17H2,1H3. The van der Waals surface area contributed by atoms with Crippen molar-refractivity contribution in [2.45, 2.75) is 24.1 Å². The van der Waals surface area contributed by atoms with E-state index in [9.17, 15) is 21.6 Å². The molecule has 3 aromatic rings. The topological polar surface area (TPSA) is 49.9 Å². The first-order chi connectivity index (χ1) is 17.6. The third kappa shape index (κ3) is 6.72. The second kappa shape index (κ2) is 11.5. The lowest BCUT2D eigenvalue weighted by Gasteiger charge is -2.34. The zero-order valence-electron chi connectivity index (χ0n) is 20.3. The number of hydrogen-bond acceptors (Lipinski definition) is 4. The number of piperazine rings is 1. The summed E-state index contributed by atoms with van der Waals surface area (Å²) in [6.45, 7) is 4.29. The number of sulfonamides is 1. The van der Waals surface area contributed by atoms with Crippen LogP contribution in [0.3, 0.4) is 0 Å². The lowest BCUT2D eigenvalue weighted by Crippen LogP contribution is -2.49. The smallest absolute Gasteiger partial charge is 0.367 e. The van der Waals surface area contributed by atoms with Gasteiger partial charge in [-0.15, -0.1) is 0 Å². The van der Waals surface area contributed by atoms with Crippen molar-refractivity contribution in [2.24, 2.45) is 0 Å². The SMILES string of the molecule is Cc1ccc(S(=O)(=O)N2CCN(CCOC(c3ccccc3)c3cccc(C(F)(F)F)c3)CC2)cc1Cl. The van der Waals surface area contributed by atoms with E-state index in [1.807, 2.05) is 37.3 Å². The Morgan fingerprint density at radius 3 is 2.24 bits per heavy atom. The van der Waals surface area contributed by atoms with E-state index in [1.165, 1.54) is 16.4 Å². The van der Waals surface area contributed by atoms with Gasteiger partial charge < -0.3 is 4.74 Å². The highest BCUT2D eigenvalue weighted by Crippen LogP contribution is 2.33. The molecule has 0 aromatic heterocycles. The molecule has 0 spiro atoms. The van der Waals surface area contributed by atoms with Crippen LogP contribution in [0.4, 0.5) is 13.2 Å². The molecule has 1 heterocycles. The molecule has 198 valence electrons. The van der Waals surface area contributed by atoms with Gasteiger partial charge >= 0.3 is 6.18 Å². The van der Waals surface area contributed by atoms with Crippen LogP contribution in [0.2, 0.25) is 5.02 Å². The summed E-state index contributed by atoms with van der Waals surface area (Å²) in [5, 5.41) is 0.408. The summed E-state index contributed by atoms with van der Waals surface area (Å²) in [5.41, 5.74) is 1.27. The Hall–Kier alpha value is -2.43. The summed E-state index contributed by atoms with van der Waals surface area (Å²) in [4.78, 5) is 2.26. The molecule has 1 fully saturated rings. The molecule has 4 rings (SSSR count). The summed E-state index contributed by atoms with van der Waals surface area (Å²) in [6, 6.07) is 19.0. The van der Waals surface area contributed by atoms with Crippen molar-refractivity contribution in [2.75, 3.05) is 39.3 Å². The number of benzene rings is 3. The molecule has 0 radical (unpaired) electrons. The van der Waals surface area contributed by atoms with Crippen LogP contribution in [0.5, 0.6) is 0 Å². The van der Waals surface area contributed by atoms with Crippen LogP contribution >= 0.6 is 11.6 Å². The number of aryl methyl sites for hydroxylation is 1. The molecule has 1 aliphatic rings. The minimum atomic E-state index is -4.44. The van der Waals surface area contributed by atoms with E-state index in [0.29, 0.717) is 43.3 Å². The predicted molar refractivity (Wildman–Crippen MR) is 137 cm³/mol. The van der Waals surface area contributed by atoms with Crippen molar-refractivity contribution in [1.29, 1.82) is 0 Å². The van der Waals surface area contributed by atoms with E-state index in [0.717, 1.165) is 23.3 Å². The molecule has 1 unspecified atom stereocenters. The highest BCUT2D eigenvalue weighted by atomic mass is 35.5. The molecular formula is C27H28ClF3N2O3S. The molecule has 5 nitrogen and oxygen atoms in total. The molecule has 0 amide bonds. The van der Waals surface area contributed by atoms with Crippen LogP contribution in [-0.4, -0.2) is 57.0 Å². The van der Waals surface area contributed by atoms with Crippen molar-refractivity contribution < 1.29 is 26.3 Å². The fraction of sp³-hybridized carbons (Fsp3) is 0.333. The van der Waals surface area contributed by atoms with Crippen LogP contribution in [0.25, 0.3) is 0 Å². The molecule has 37 heavy (non-hydrogen) atoms. The van der Waals surface area contributed by atoms with E-state index in [4.69, 9.17) is 16.3 Å². The summed E-state index contributed by atoms with van der Waals surface area (Å²) >= 11 is 6.12. The van der Waals surface area contributed by atoms with Gasteiger partial charge in [-0.2, -0.15) is 17.5 Å². The molecule has 0 aliphatic carbocycles. The van der Waals surface area contributed by atoms with Gasteiger partial charge in [0.25, 0.3) is 0 Å². The third-order valence-electron chi connectivity index (χ3n) is 6.42. The highest BCUT2D eigenvalue weighted by Gasteiger charge is 2.32. The molecular weight excluding hydrogens is 525 g/mol. The Morgan fingerprint density at radius 2 is 1.59 bits per heavy atom. The monoisotopic (exact) mass is 552 g/mol. The van der Waals surface area contributed by atoms with Crippen LogP contribution in [0.1, 0.15) is 28.4 Å². The third-order valence-corrected chi connectivity index (χ3v) is 8.73. The number of rotatable bonds is 8. The molecule has 10 heteroatoms. The quantitative estimate of drug-likeness (QED) is 0.355. The minimum Gasteiger partial charge on any atom is -0.367 e. The van der Waals surface area contributed by atoms with Crippen molar-refractivity contribution in [3.8, 4) is 0 Å². The van der Waals surface area contributed by atoms with Gasteiger partial charge in [-0.25, -0.2) is 8.42 Å². The summed E-state index contributed by atoms with van der Waals surface area (Å²) < 4.78 is 73.5. The number of hydrogen-bond donors (Lipinski definition) is 0. The van der Waals surface area contributed by atoms with Gasteiger partial charge in [0.1, 0.15) is 6.10 Å². The van der Waals surface area contributed by atoms with Crippen LogP contribution < -0.4 is 0 Å². The maximum absolute atomic E-state index is 13.3. The average Bonchev–Trinajstić information content (AvgIpc) is 2.88. The first-order valence-corrected chi connectivity index (χ1v) is 13.7. The van der Waals surface area contributed by atoms with Gasteiger partial charge in [0.2, 0.25) is 10.0 Å². The number of nitrogens with zero attached hydrogens (tertiary/aromatic N) is 2. The fourth-order valence-corrected chi connectivity index (χ4v) is 5.96. The van der Waals surface area contributed by atoms with Crippen LogP contribution in [0.15, 0.2) is 77.7 Å². The largest absolute Gasteiger partial charge is 0.416 e. The first-order valence-electron chi connectivity index (χ1n) is 11.9. The number of halogens is 4. The van der Waals surface area contributed by atoms with E-state index in [1.54, 1.807) is 18.2 Å². The first kappa shape index (κ1) is 27.6. The fourth-order valence-electron chi connectivity index (χ4n) is 4.27. The summed E-state index contributed by atoms with van der Waals surface area (Å²) in [7, 11) is -3.65. The van der Waals surface area contributed by atoms with Crippen molar-refractivity contribution in [3.05, 3.63) is 100 Å². The van der Waals surface area contributed by atoms with Crippen LogP contribution in [0, 0.1) is 6.92 Å². The molecule has 1 aliphatic heterocycles. The zero-order chi connectivity index (χ0) is 26.6. The predicted octanol–water partition coefficient (Wildman–Crippen LogP) is 5.78. The van der Waals surface area contributed by atoms with Gasteiger partial charge in [0.05, 0.1) is 17.1 Å². The second-order valence-electron chi connectivity index (χ2n) is 8.94. The van der Waals surface area contributed by atoms with E-state index >= 15 is 0 Å². The zero-order valence-corrected chi connectivity index (χ0v) is 21.9. The summed E-state index contributed by atoms with van der Waals surface area (Å²) in [6.07, 6.45) is -5.10. The average molecular weight is 553 g/mol. The maximum atomic E-state index is 13.3. The van der Waals surface area contributed by atoms with Crippen molar-refractivity contribution >= 4 is 21.6 Å². The van der Waals surface area contributed by atoms with Gasteiger partial charge in [-0.3, -0.25) is 4.90 Å². The Morgan fingerprint density at radius 1 is 0.919 bits per heavy atom. The van der Waals surface area contributed by atoms with Crippen molar-refractivity contribution in [3.63, 3.8) is 0 Å². The van der Waals surface area contributed by atoms with Gasteiger partial charge in [-0.1, -0.05) is 60.1 Å². The Kier molecular flexibility index (Phi) is 8.60. The Labute approximate surface area is 220 Å².